The lowest BCUT2D eigenvalue weighted by atomic mass is 9.97. The van der Waals surface area contributed by atoms with Crippen molar-refractivity contribution in [2.75, 3.05) is 17.2 Å². The van der Waals surface area contributed by atoms with Gasteiger partial charge in [-0.05, 0) is 50.3 Å². The zero-order valence-corrected chi connectivity index (χ0v) is 12.8. The van der Waals surface area contributed by atoms with Gasteiger partial charge in [-0.2, -0.15) is 4.98 Å². The molecule has 0 fully saturated rings. The maximum atomic E-state index is 4.50. The number of nitrogens with zero attached hydrogens (tertiary/aromatic N) is 2. The summed E-state index contributed by atoms with van der Waals surface area (Å²) in [4.78, 5) is 8.76. The number of anilines is 3. The number of nitrogens with one attached hydrogen (secondary N) is 2. The van der Waals surface area contributed by atoms with Crippen LogP contribution in [-0.4, -0.2) is 16.5 Å². The van der Waals surface area contributed by atoms with E-state index in [9.17, 15) is 0 Å². The second kappa shape index (κ2) is 7.59. The molecular formula is C18H22N4. The number of hydrogen-bond donors (Lipinski definition) is 2. The molecule has 22 heavy (non-hydrogen) atoms. The molecule has 2 N–H and O–H groups in total. The van der Waals surface area contributed by atoms with Gasteiger partial charge in [0.1, 0.15) is 5.82 Å². The fourth-order valence-electron chi connectivity index (χ4n) is 2.65. The van der Waals surface area contributed by atoms with E-state index in [4.69, 9.17) is 0 Å². The molecule has 1 aliphatic rings. The third-order valence-electron chi connectivity index (χ3n) is 3.82. The summed E-state index contributed by atoms with van der Waals surface area (Å²) in [5.41, 5.74) is 2.57. The van der Waals surface area contributed by atoms with Crippen LogP contribution in [0.1, 0.15) is 32.1 Å². The Hall–Kier alpha value is -2.36. The summed E-state index contributed by atoms with van der Waals surface area (Å²) in [6, 6.07) is 11.9. The standard InChI is InChI=1S/C18H22N4/c1-3-7-15(8-4-1)11-13-19-17-12-14-20-18(22-17)21-16-9-5-2-6-10-16/h2,5-7,9-10,12,14H,1,3-4,8,11,13H2,(H2,19,20,21,22). The Labute approximate surface area is 131 Å². The molecule has 0 amide bonds. The molecule has 1 aliphatic carbocycles. The molecular weight excluding hydrogens is 272 g/mol. The third-order valence-corrected chi connectivity index (χ3v) is 3.82. The zero-order chi connectivity index (χ0) is 15.0. The van der Waals surface area contributed by atoms with Crippen LogP contribution in [-0.2, 0) is 0 Å². The number of hydrogen-bond acceptors (Lipinski definition) is 4. The summed E-state index contributed by atoms with van der Waals surface area (Å²) in [6.45, 7) is 0.924. The molecule has 0 atom stereocenters. The van der Waals surface area contributed by atoms with Gasteiger partial charge in [0, 0.05) is 18.4 Å². The van der Waals surface area contributed by atoms with Crippen LogP contribution in [0.5, 0.6) is 0 Å². The van der Waals surface area contributed by atoms with Crippen molar-refractivity contribution in [3.05, 3.63) is 54.2 Å². The molecule has 114 valence electrons. The molecule has 0 aliphatic heterocycles. The van der Waals surface area contributed by atoms with E-state index in [1.54, 1.807) is 11.8 Å². The number of aromatic nitrogens is 2. The van der Waals surface area contributed by atoms with Crippen LogP contribution in [0.4, 0.5) is 17.5 Å². The summed E-state index contributed by atoms with van der Waals surface area (Å²) in [5, 5.41) is 6.60. The topological polar surface area (TPSA) is 49.8 Å². The lowest BCUT2D eigenvalue weighted by molar-refractivity contribution is 0.679. The van der Waals surface area contributed by atoms with Crippen molar-refractivity contribution in [2.24, 2.45) is 0 Å². The van der Waals surface area contributed by atoms with E-state index in [1.165, 1.54) is 25.7 Å². The smallest absolute Gasteiger partial charge is 0.229 e. The minimum absolute atomic E-state index is 0.619. The maximum absolute atomic E-state index is 4.50. The maximum Gasteiger partial charge on any atom is 0.229 e. The Morgan fingerprint density at radius 2 is 1.95 bits per heavy atom. The van der Waals surface area contributed by atoms with Crippen molar-refractivity contribution in [1.82, 2.24) is 9.97 Å². The molecule has 0 saturated heterocycles. The van der Waals surface area contributed by atoms with Gasteiger partial charge in [-0.3, -0.25) is 0 Å². The van der Waals surface area contributed by atoms with Gasteiger partial charge >= 0.3 is 0 Å². The molecule has 3 rings (SSSR count). The van der Waals surface area contributed by atoms with Crippen molar-refractivity contribution in [3.63, 3.8) is 0 Å². The van der Waals surface area contributed by atoms with Crippen LogP contribution in [0.3, 0.4) is 0 Å². The summed E-state index contributed by atoms with van der Waals surface area (Å²) in [6.07, 6.45) is 10.5. The minimum atomic E-state index is 0.619. The highest BCUT2D eigenvalue weighted by Crippen LogP contribution is 2.20. The monoisotopic (exact) mass is 294 g/mol. The summed E-state index contributed by atoms with van der Waals surface area (Å²) < 4.78 is 0. The first kappa shape index (κ1) is 14.6. The van der Waals surface area contributed by atoms with Gasteiger partial charge in [-0.25, -0.2) is 4.98 Å². The molecule has 2 aromatic rings. The summed E-state index contributed by atoms with van der Waals surface area (Å²) in [5.74, 6) is 1.48. The van der Waals surface area contributed by atoms with Crippen LogP contribution in [0.25, 0.3) is 0 Å². The van der Waals surface area contributed by atoms with Crippen molar-refractivity contribution in [3.8, 4) is 0 Å². The average molecular weight is 294 g/mol. The van der Waals surface area contributed by atoms with E-state index in [0.29, 0.717) is 5.95 Å². The molecule has 4 heteroatoms. The van der Waals surface area contributed by atoms with Crippen molar-refractivity contribution >= 4 is 17.5 Å². The van der Waals surface area contributed by atoms with E-state index < -0.39 is 0 Å². The molecule has 0 bridgehead atoms. The predicted molar refractivity (Wildman–Crippen MR) is 91.4 cm³/mol. The van der Waals surface area contributed by atoms with Crippen molar-refractivity contribution in [1.29, 1.82) is 0 Å². The second-order valence-electron chi connectivity index (χ2n) is 5.54. The summed E-state index contributed by atoms with van der Waals surface area (Å²) in [7, 11) is 0. The van der Waals surface area contributed by atoms with Gasteiger partial charge in [0.15, 0.2) is 0 Å². The first-order valence-corrected chi connectivity index (χ1v) is 7.97. The van der Waals surface area contributed by atoms with E-state index in [-0.39, 0.29) is 0 Å². The van der Waals surface area contributed by atoms with Crippen LogP contribution < -0.4 is 10.6 Å². The molecule has 1 aromatic heterocycles. The lowest BCUT2D eigenvalue weighted by Crippen LogP contribution is -2.07. The molecule has 4 nitrogen and oxygen atoms in total. The lowest BCUT2D eigenvalue weighted by Gasteiger charge is -2.13. The molecule has 0 spiro atoms. The first-order valence-electron chi connectivity index (χ1n) is 7.97. The van der Waals surface area contributed by atoms with Crippen molar-refractivity contribution < 1.29 is 0 Å². The highest BCUT2D eigenvalue weighted by molar-refractivity contribution is 5.54. The quantitative estimate of drug-likeness (QED) is 0.769. The van der Waals surface area contributed by atoms with E-state index in [1.807, 2.05) is 36.4 Å². The number of rotatable bonds is 6. The van der Waals surface area contributed by atoms with Crippen LogP contribution in [0.2, 0.25) is 0 Å². The molecule has 1 heterocycles. The van der Waals surface area contributed by atoms with Gasteiger partial charge in [-0.15, -0.1) is 0 Å². The largest absolute Gasteiger partial charge is 0.370 e. The molecule has 0 unspecified atom stereocenters. The first-order chi connectivity index (χ1) is 10.9. The number of para-hydroxylation sites is 1. The zero-order valence-electron chi connectivity index (χ0n) is 12.8. The minimum Gasteiger partial charge on any atom is -0.370 e. The van der Waals surface area contributed by atoms with E-state index >= 15 is 0 Å². The molecule has 1 aromatic carbocycles. The summed E-state index contributed by atoms with van der Waals surface area (Å²) >= 11 is 0. The van der Waals surface area contributed by atoms with Gasteiger partial charge in [0.2, 0.25) is 5.95 Å². The SMILES string of the molecule is C1=C(CCNc2ccnc(Nc3ccccc3)n2)CCCC1. The fraction of sp³-hybridized carbons (Fsp3) is 0.333. The second-order valence-corrected chi connectivity index (χ2v) is 5.54. The van der Waals surface area contributed by atoms with Crippen LogP contribution >= 0.6 is 0 Å². The highest BCUT2D eigenvalue weighted by Gasteiger charge is 2.04. The van der Waals surface area contributed by atoms with Crippen molar-refractivity contribution in [2.45, 2.75) is 32.1 Å². The Bertz CT molecular complexity index is 622. The average Bonchev–Trinajstić information content (AvgIpc) is 2.57. The normalized spacial score (nSPS) is 14.3. The van der Waals surface area contributed by atoms with E-state index in [2.05, 4.69) is 26.7 Å². The Morgan fingerprint density at radius 3 is 2.77 bits per heavy atom. The Kier molecular flexibility index (Phi) is 5.03. The third kappa shape index (κ3) is 4.32. The Balaban J connectivity index is 1.53. The van der Waals surface area contributed by atoms with E-state index in [0.717, 1.165) is 24.5 Å². The van der Waals surface area contributed by atoms with Crippen LogP contribution in [0, 0.1) is 0 Å². The fourth-order valence-corrected chi connectivity index (χ4v) is 2.65. The van der Waals surface area contributed by atoms with Crippen LogP contribution in [0.15, 0.2) is 54.2 Å². The van der Waals surface area contributed by atoms with Gasteiger partial charge < -0.3 is 10.6 Å². The predicted octanol–water partition coefficient (Wildman–Crippen LogP) is 4.52. The van der Waals surface area contributed by atoms with Gasteiger partial charge in [0.25, 0.3) is 0 Å². The number of allylic oxidation sites excluding steroid dienone is 1. The van der Waals surface area contributed by atoms with Gasteiger partial charge in [0.05, 0.1) is 0 Å². The Morgan fingerprint density at radius 1 is 1.05 bits per heavy atom. The van der Waals surface area contributed by atoms with Gasteiger partial charge in [-0.1, -0.05) is 29.8 Å². The molecule has 0 saturated carbocycles. The number of benzene rings is 1. The highest BCUT2D eigenvalue weighted by atomic mass is 15.1. The molecule has 0 radical (unpaired) electrons.